The minimum Gasteiger partial charge on any atom is -0.423 e. The van der Waals surface area contributed by atoms with E-state index >= 15 is 0 Å². The number of hydrogen-bond acceptors (Lipinski definition) is 11. The smallest absolute Gasteiger partial charge is 0.423 e. The first kappa shape index (κ1) is 48.0. The number of benzene rings is 2. The van der Waals surface area contributed by atoms with Crippen molar-refractivity contribution in [2.24, 2.45) is 0 Å². The molecule has 7 heterocycles. The van der Waals surface area contributed by atoms with Gasteiger partial charge in [0.15, 0.2) is 27.0 Å². The van der Waals surface area contributed by atoms with Gasteiger partial charge in [-0.3, -0.25) is 25.8 Å². The van der Waals surface area contributed by atoms with Crippen molar-refractivity contribution in [3.8, 4) is 11.4 Å². The van der Waals surface area contributed by atoms with Gasteiger partial charge in [0.25, 0.3) is 0 Å². The predicted octanol–water partition coefficient (Wildman–Crippen LogP) is 8.04. The van der Waals surface area contributed by atoms with Crippen molar-refractivity contribution in [3.63, 3.8) is 0 Å². The Balaban J connectivity index is 0.000000157. The normalized spacial score (nSPS) is 10.7. The van der Waals surface area contributed by atoms with Crippen molar-refractivity contribution in [1.82, 2.24) is 54.0 Å². The largest absolute Gasteiger partial charge is 0.493 e. The summed E-state index contributed by atoms with van der Waals surface area (Å²) < 4.78 is 43.2. The minimum atomic E-state index is -1.78. The van der Waals surface area contributed by atoms with Gasteiger partial charge in [-0.1, -0.05) is 58.5 Å². The van der Waals surface area contributed by atoms with E-state index in [-0.39, 0.29) is 33.6 Å². The molecule has 15 nitrogen and oxygen atoms in total. The van der Waals surface area contributed by atoms with Crippen molar-refractivity contribution in [2.75, 3.05) is 0 Å². The third-order valence-corrected chi connectivity index (χ3v) is 11.0. The molecule has 0 aliphatic rings. The Hall–Kier alpha value is -5.52. The standard InChI is InChI=1S/C17H11Cl2FN6.C12H8BrCl2N5.C5H5BFNO2.C5H3BrFN/c18-11-2-1-3-12(19)10(11)7-26-8-23-15(21)14-17(26)25-16(24-14)9-6-22-5-4-13(9)20;13-12-18-9-10(16)17-5-20(11(9)19-12)4-6-7(14)2-1-3-8(6)15;7-5-1-2-8-3-4(5)6(9)10;6-4-3-8-2-1-5(4)7/h1-6,8,21H,7H2,(H,24,25);1-3,5,16H,4H2,(H,18,19);1-3,9-10H;1-3H. The molecule has 9 aromatic rings. The first-order valence-electron chi connectivity index (χ1n) is 17.9. The molecule has 7 aromatic heterocycles. The zero-order chi connectivity index (χ0) is 46.1. The van der Waals surface area contributed by atoms with Crippen molar-refractivity contribution in [2.45, 2.75) is 13.1 Å². The third kappa shape index (κ3) is 11.8. The Morgan fingerprint density at radius 2 is 1.09 bits per heavy atom. The van der Waals surface area contributed by atoms with E-state index in [1.54, 1.807) is 51.9 Å². The fourth-order valence-corrected chi connectivity index (χ4v) is 7.15. The van der Waals surface area contributed by atoms with E-state index in [2.05, 4.69) is 76.7 Å². The Labute approximate surface area is 396 Å². The molecule has 0 radical (unpaired) electrons. The highest BCUT2D eigenvalue weighted by atomic mass is 79.9. The number of fused-ring (bicyclic) bond motifs is 2. The number of H-pyrrole nitrogens is 2. The quantitative estimate of drug-likeness (QED) is 0.0700. The second-order valence-electron chi connectivity index (χ2n) is 12.8. The van der Waals surface area contributed by atoms with Crippen LogP contribution in [0.2, 0.25) is 20.1 Å². The number of nitrogens with one attached hydrogen (secondary N) is 4. The molecule has 0 saturated carbocycles. The van der Waals surface area contributed by atoms with Gasteiger partial charge in [-0.05, 0) is 74.3 Å². The molecule has 326 valence electrons. The maximum absolute atomic E-state index is 14.1. The van der Waals surface area contributed by atoms with Gasteiger partial charge in [-0.2, -0.15) is 0 Å². The highest BCUT2D eigenvalue weighted by Crippen LogP contribution is 2.28. The maximum atomic E-state index is 14.1. The summed E-state index contributed by atoms with van der Waals surface area (Å²) >= 11 is 31.1. The molecular weight excluding hydrogens is 1050 g/mol. The summed E-state index contributed by atoms with van der Waals surface area (Å²) in [6.45, 7) is 0.738. The fraction of sp³-hybridized carbons (Fsp3) is 0.0513. The lowest BCUT2D eigenvalue weighted by Crippen LogP contribution is -2.32. The van der Waals surface area contributed by atoms with Crippen LogP contribution in [0.15, 0.2) is 114 Å². The van der Waals surface area contributed by atoms with Crippen LogP contribution in [-0.4, -0.2) is 71.2 Å². The van der Waals surface area contributed by atoms with Crippen LogP contribution in [0.4, 0.5) is 13.2 Å². The topological polar surface area (TPSA) is 220 Å². The van der Waals surface area contributed by atoms with Crippen molar-refractivity contribution in [3.05, 3.63) is 173 Å². The van der Waals surface area contributed by atoms with Crippen LogP contribution >= 0.6 is 78.3 Å². The van der Waals surface area contributed by atoms with E-state index in [1.165, 1.54) is 49.4 Å². The summed E-state index contributed by atoms with van der Waals surface area (Å²) in [7, 11) is -1.78. The van der Waals surface area contributed by atoms with Crippen LogP contribution in [0, 0.1) is 28.3 Å². The number of imidazole rings is 2. The summed E-state index contributed by atoms with van der Waals surface area (Å²) in [4.78, 5) is 33.8. The lowest BCUT2D eigenvalue weighted by molar-refractivity contribution is 0.422. The molecule has 0 spiro atoms. The van der Waals surface area contributed by atoms with E-state index in [0.29, 0.717) is 70.3 Å². The molecule has 0 bridgehead atoms. The summed E-state index contributed by atoms with van der Waals surface area (Å²) in [6.07, 6.45) is 10.9. The fourth-order valence-electron chi connectivity index (χ4n) is 5.50. The van der Waals surface area contributed by atoms with E-state index in [9.17, 15) is 13.2 Å². The lowest BCUT2D eigenvalue weighted by atomic mass is 9.81. The zero-order valence-corrected chi connectivity index (χ0v) is 38.3. The van der Waals surface area contributed by atoms with E-state index < -0.39 is 18.8 Å². The molecule has 64 heavy (non-hydrogen) atoms. The van der Waals surface area contributed by atoms with Gasteiger partial charge in [0.05, 0.1) is 35.8 Å². The summed E-state index contributed by atoms with van der Waals surface area (Å²) in [5.41, 5.74) is 3.65. The second kappa shape index (κ2) is 21.9. The third-order valence-electron chi connectivity index (χ3n) is 8.61. The van der Waals surface area contributed by atoms with Crippen LogP contribution in [0.1, 0.15) is 11.1 Å². The summed E-state index contributed by atoms with van der Waals surface area (Å²) in [5, 5.41) is 34.9. The van der Waals surface area contributed by atoms with Gasteiger partial charge in [0.1, 0.15) is 34.3 Å². The number of halogens is 9. The summed E-state index contributed by atoms with van der Waals surface area (Å²) in [5.74, 6) is -1.13. The first-order valence-corrected chi connectivity index (χ1v) is 21.0. The molecule has 0 aliphatic carbocycles. The number of rotatable bonds is 6. The molecule has 25 heteroatoms. The van der Waals surface area contributed by atoms with E-state index in [1.807, 2.05) is 0 Å². The molecule has 0 saturated heterocycles. The number of aromatic nitrogens is 11. The average Bonchev–Trinajstić information content (AvgIpc) is 3.90. The number of hydrogen-bond donors (Lipinski definition) is 6. The van der Waals surface area contributed by atoms with Crippen LogP contribution in [0.3, 0.4) is 0 Å². The van der Waals surface area contributed by atoms with Crippen LogP contribution in [0.25, 0.3) is 33.7 Å². The molecule has 0 atom stereocenters. The SMILES string of the molecule is Fc1ccncc1Br.N=c1ncn(Cc2c(Cl)cccc2Cl)c2nc(-c3cnccc3F)[nH]c12.N=c1ncn(Cc2c(Cl)cccc2Cl)c2nc(Br)[nH]c12.OB(O)c1cnccc1F. The Kier molecular flexibility index (Phi) is 16.4. The molecule has 0 aliphatic heterocycles. The molecule has 6 N–H and O–H groups in total. The highest BCUT2D eigenvalue weighted by molar-refractivity contribution is 9.10. The molecule has 0 fully saturated rings. The van der Waals surface area contributed by atoms with Crippen LogP contribution < -0.4 is 16.4 Å². The Morgan fingerprint density at radius 3 is 1.55 bits per heavy atom. The Bertz CT molecular complexity index is 3150. The average molecular weight is 1080 g/mol. The number of aromatic amines is 2. The monoisotopic (exact) mass is 1070 g/mol. The van der Waals surface area contributed by atoms with Crippen molar-refractivity contribution >= 4 is 113 Å². The van der Waals surface area contributed by atoms with Crippen molar-refractivity contribution < 1.29 is 23.2 Å². The minimum absolute atomic E-state index is 0.00422. The van der Waals surface area contributed by atoms with Gasteiger partial charge in [0.2, 0.25) is 0 Å². The van der Waals surface area contributed by atoms with Crippen molar-refractivity contribution in [1.29, 1.82) is 10.8 Å². The Morgan fingerprint density at radius 1 is 0.625 bits per heavy atom. The zero-order valence-electron chi connectivity index (χ0n) is 32.1. The second-order valence-corrected chi connectivity index (χ2v) is 16.0. The number of pyridine rings is 3. The van der Waals surface area contributed by atoms with E-state index in [4.69, 9.17) is 67.3 Å². The van der Waals surface area contributed by atoms with Gasteiger partial charge < -0.3 is 29.2 Å². The summed E-state index contributed by atoms with van der Waals surface area (Å²) in [6, 6.07) is 14.2. The number of nitrogens with zero attached hydrogens (tertiary/aromatic N) is 9. The molecular formula is C39H27BBr2Cl4F3N13O2. The molecule has 2 aromatic carbocycles. The van der Waals surface area contributed by atoms with Gasteiger partial charge in [0, 0.05) is 73.9 Å². The lowest BCUT2D eigenvalue weighted by Gasteiger charge is -2.10. The maximum Gasteiger partial charge on any atom is 0.493 e. The predicted molar refractivity (Wildman–Crippen MR) is 243 cm³/mol. The molecule has 0 unspecified atom stereocenters. The first-order chi connectivity index (χ1) is 30.6. The van der Waals surface area contributed by atoms with Crippen LogP contribution in [-0.2, 0) is 13.1 Å². The van der Waals surface area contributed by atoms with Crippen LogP contribution in [0.5, 0.6) is 0 Å². The van der Waals surface area contributed by atoms with Gasteiger partial charge in [-0.25, -0.2) is 33.1 Å². The molecule has 0 amide bonds. The highest BCUT2D eigenvalue weighted by Gasteiger charge is 2.17. The van der Waals surface area contributed by atoms with Gasteiger partial charge >= 0.3 is 7.12 Å². The van der Waals surface area contributed by atoms with Gasteiger partial charge in [-0.15, -0.1) is 0 Å². The van der Waals surface area contributed by atoms with E-state index in [0.717, 1.165) is 17.8 Å². The molecule has 9 rings (SSSR count).